The number of nitrogens with zero attached hydrogens (tertiary/aromatic N) is 1. The standard InChI is InChI=1S/C12H18N2S/c1-10-8-12(9-15-10)14-7-5-11-4-2-3-6-13-11/h2-4,6,10,12,14H,5,7-9H2,1H3. The van der Waals surface area contributed by atoms with Gasteiger partial charge in [-0.15, -0.1) is 0 Å². The molecule has 15 heavy (non-hydrogen) atoms. The van der Waals surface area contributed by atoms with Gasteiger partial charge < -0.3 is 5.32 Å². The highest BCUT2D eigenvalue weighted by Gasteiger charge is 2.20. The maximum Gasteiger partial charge on any atom is 0.0416 e. The van der Waals surface area contributed by atoms with Gasteiger partial charge in [0.2, 0.25) is 0 Å². The quantitative estimate of drug-likeness (QED) is 0.844. The van der Waals surface area contributed by atoms with Crippen LogP contribution in [0.2, 0.25) is 0 Å². The minimum atomic E-state index is 0.716. The zero-order valence-electron chi connectivity index (χ0n) is 9.15. The van der Waals surface area contributed by atoms with Gasteiger partial charge in [0.15, 0.2) is 0 Å². The fraction of sp³-hybridized carbons (Fsp3) is 0.583. The molecule has 1 aromatic rings. The molecule has 2 unspecified atom stereocenters. The highest BCUT2D eigenvalue weighted by Crippen LogP contribution is 2.25. The Balaban J connectivity index is 1.67. The number of pyridine rings is 1. The third-order valence-corrected chi connectivity index (χ3v) is 4.09. The molecule has 1 aromatic heterocycles. The van der Waals surface area contributed by atoms with Gasteiger partial charge in [-0.05, 0) is 18.6 Å². The van der Waals surface area contributed by atoms with Crippen LogP contribution in [0.15, 0.2) is 24.4 Å². The van der Waals surface area contributed by atoms with Gasteiger partial charge in [-0.25, -0.2) is 0 Å². The molecule has 0 saturated carbocycles. The summed E-state index contributed by atoms with van der Waals surface area (Å²) in [5.41, 5.74) is 1.18. The van der Waals surface area contributed by atoms with E-state index in [1.54, 1.807) is 0 Å². The number of thioether (sulfide) groups is 1. The van der Waals surface area contributed by atoms with Crippen molar-refractivity contribution in [2.24, 2.45) is 0 Å². The van der Waals surface area contributed by atoms with Crippen molar-refractivity contribution >= 4 is 11.8 Å². The average Bonchev–Trinajstić information content (AvgIpc) is 2.66. The summed E-state index contributed by atoms with van der Waals surface area (Å²) in [6.45, 7) is 3.36. The average molecular weight is 222 g/mol. The molecule has 1 N–H and O–H groups in total. The van der Waals surface area contributed by atoms with Gasteiger partial charge in [0.1, 0.15) is 0 Å². The second-order valence-electron chi connectivity index (χ2n) is 4.10. The van der Waals surface area contributed by atoms with Crippen LogP contribution >= 0.6 is 11.8 Å². The van der Waals surface area contributed by atoms with Gasteiger partial charge in [0.25, 0.3) is 0 Å². The third kappa shape index (κ3) is 3.50. The van der Waals surface area contributed by atoms with Gasteiger partial charge >= 0.3 is 0 Å². The van der Waals surface area contributed by atoms with Crippen LogP contribution in [0.25, 0.3) is 0 Å². The Morgan fingerprint density at radius 1 is 1.53 bits per heavy atom. The van der Waals surface area contributed by atoms with Crippen molar-refractivity contribution in [1.29, 1.82) is 0 Å². The van der Waals surface area contributed by atoms with Crippen molar-refractivity contribution < 1.29 is 0 Å². The molecule has 82 valence electrons. The first-order valence-corrected chi connectivity index (χ1v) is 6.64. The summed E-state index contributed by atoms with van der Waals surface area (Å²) in [4.78, 5) is 4.31. The third-order valence-electron chi connectivity index (χ3n) is 2.74. The van der Waals surface area contributed by atoms with E-state index in [-0.39, 0.29) is 0 Å². The summed E-state index contributed by atoms with van der Waals surface area (Å²) < 4.78 is 0. The molecule has 3 heteroatoms. The van der Waals surface area contributed by atoms with Crippen LogP contribution in [-0.4, -0.2) is 28.6 Å². The lowest BCUT2D eigenvalue weighted by atomic mass is 10.2. The number of rotatable bonds is 4. The van der Waals surface area contributed by atoms with E-state index in [9.17, 15) is 0 Å². The van der Waals surface area contributed by atoms with Gasteiger partial charge in [0, 0.05) is 41.9 Å². The number of aromatic nitrogens is 1. The highest BCUT2D eigenvalue weighted by atomic mass is 32.2. The van der Waals surface area contributed by atoms with Crippen molar-refractivity contribution in [2.75, 3.05) is 12.3 Å². The Morgan fingerprint density at radius 3 is 3.13 bits per heavy atom. The largest absolute Gasteiger partial charge is 0.313 e. The van der Waals surface area contributed by atoms with E-state index in [2.05, 4.69) is 41.1 Å². The molecule has 0 amide bonds. The maximum atomic E-state index is 4.31. The topological polar surface area (TPSA) is 24.9 Å². The summed E-state index contributed by atoms with van der Waals surface area (Å²) in [5, 5.41) is 4.43. The summed E-state index contributed by atoms with van der Waals surface area (Å²) in [6.07, 6.45) is 4.21. The Hall–Kier alpha value is -0.540. The van der Waals surface area contributed by atoms with Crippen LogP contribution in [0, 0.1) is 0 Å². The number of hydrogen-bond acceptors (Lipinski definition) is 3. The molecule has 1 aliphatic rings. The Morgan fingerprint density at radius 2 is 2.47 bits per heavy atom. The molecule has 0 aliphatic carbocycles. The molecular formula is C12H18N2S. The van der Waals surface area contributed by atoms with E-state index < -0.39 is 0 Å². The van der Waals surface area contributed by atoms with E-state index in [1.807, 2.05) is 12.3 Å². The van der Waals surface area contributed by atoms with Crippen molar-refractivity contribution in [2.45, 2.75) is 31.1 Å². The Kier molecular flexibility index (Phi) is 4.03. The second kappa shape index (κ2) is 5.52. The smallest absolute Gasteiger partial charge is 0.0416 e. The normalized spacial score (nSPS) is 25.7. The Bertz CT molecular complexity index is 289. The Labute approximate surface area is 95.9 Å². The molecule has 1 aliphatic heterocycles. The van der Waals surface area contributed by atoms with Gasteiger partial charge in [-0.3, -0.25) is 4.98 Å². The van der Waals surface area contributed by atoms with Crippen molar-refractivity contribution in [3.8, 4) is 0 Å². The van der Waals surface area contributed by atoms with Crippen LogP contribution in [0.1, 0.15) is 19.0 Å². The van der Waals surface area contributed by atoms with Crippen LogP contribution in [-0.2, 0) is 6.42 Å². The summed E-state index contributed by atoms with van der Waals surface area (Å²) in [6, 6.07) is 6.82. The monoisotopic (exact) mass is 222 g/mol. The molecule has 2 heterocycles. The predicted molar refractivity (Wildman–Crippen MR) is 66.3 cm³/mol. The van der Waals surface area contributed by atoms with Crippen molar-refractivity contribution in [3.05, 3.63) is 30.1 Å². The lowest BCUT2D eigenvalue weighted by Gasteiger charge is -2.10. The van der Waals surface area contributed by atoms with E-state index in [1.165, 1.54) is 17.9 Å². The first-order valence-electron chi connectivity index (χ1n) is 5.59. The lowest BCUT2D eigenvalue weighted by molar-refractivity contribution is 0.540. The summed E-state index contributed by atoms with van der Waals surface area (Å²) >= 11 is 2.07. The van der Waals surface area contributed by atoms with E-state index >= 15 is 0 Å². The number of hydrogen-bond donors (Lipinski definition) is 1. The van der Waals surface area contributed by atoms with Crippen LogP contribution < -0.4 is 5.32 Å². The lowest BCUT2D eigenvalue weighted by Crippen LogP contribution is -2.31. The SMILES string of the molecule is CC1CC(NCCc2ccccn2)CS1. The van der Waals surface area contributed by atoms with E-state index in [4.69, 9.17) is 0 Å². The van der Waals surface area contributed by atoms with Gasteiger partial charge in [-0.1, -0.05) is 13.0 Å². The molecule has 1 fully saturated rings. The first-order chi connectivity index (χ1) is 7.34. The molecule has 0 aromatic carbocycles. The van der Waals surface area contributed by atoms with Gasteiger partial charge in [-0.2, -0.15) is 11.8 Å². The fourth-order valence-corrected chi connectivity index (χ4v) is 3.09. The maximum absolute atomic E-state index is 4.31. The summed E-state index contributed by atoms with van der Waals surface area (Å²) in [7, 11) is 0. The molecule has 0 radical (unpaired) electrons. The van der Waals surface area contributed by atoms with Crippen LogP contribution in [0.5, 0.6) is 0 Å². The highest BCUT2D eigenvalue weighted by molar-refractivity contribution is 8.00. The molecular weight excluding hydrogens is 204 g/mol. The minimum Gasteiger partial charge on any atom is -0.313 e. The van der Waals surface area contributed by atoms with Crippen molar-refractivity contribution in [1.82, 2.24) is 10.3 Å². The fourth-order valence-electron chi connectivity index (χ4n) is 1.91. The molecule has 2 atom stereocenters. The van der Waals surface area contributed by atoms with Crippen LogP contribution in [0.4, 0.5) is 0 Å². The van der Waals surface area contributed by atoms with E-state index in [0.717, 1.165) is 18.2 Å². The minimum absolute atomic E-state index is 0.716. The molecule has 2 rings (SSSR count). The molecule has 0 spiro atoms. The van der Waals surface area contributed by atoms with Crippen LogP contribution in [0.3, 0.4) is 0 Å². The van der Waals surface area contributed by atoms with Crippen molar-refractivity contribution in [3.63, 3.8) is 0 Å². The zero-order chi connectivity index (χ0) is 10.5. The summed E-state index contributed by atoms with van der Waals surface area (Å²) in [5.74, 6) is 1.27. The zero-order valence-corrected chi connectivity index (χ0v) is 9.96. The van der Waals surface area contributed by atoms with Gasteiger partial charge in [0.05, 0.1) is 0 Å². The molecule has 2 nitrogen and oxygen atoms in total. The predicted octanol–water partition coefficient (Wildman–Crippen LogP) is 2.11. The first kappa shape index (κ1) is 11.0. The molecule has 1 saturated heterocycles. The second-order valence-corrected chi connectivity index (χ2v) is 5.57. The number of nitrogens with one attached hydrogen (secondary N) is 1. The van der Waals surface area contributed by atoms with E-state index in [0.29, 0.717) is 6.04 Å². The molecule has 0 bridgehead atoms.